The number of nitrogens with zero attached hydrogens (tertiary/aromatic N) is 1. The van der Waals surface area contributed by atoms with Crippen molar-refractivity contribution in [3.05, 3.63) is 71.8 Å². The molecule has 0 saturated carbocycles. The molecule has 1 atom stereocenters. The van der Waals surface area contributed by atoms with Crippen LogP contribution >= 0.6 is 0 Å². The molecule has 2 aromatic rings. The first-order chi connectivity index (χ1) is 11.3. The van der Waals surface area contributed by atoms with Crippen molar-refractivity contribution in [3.8, 4) is 0 Å². The summed E-state index contributed by atoms with van der Waals surface area (Å²) >= 11 is 0. The smallest absolute Gasteiger partial charge is 0.251 e. The van der Waals surface area contributed by atoms with Crippen LogP contribution in [0.1, 0.15) is 24.0 Å². The largest absolute Gasteiger partial charge is 0.306 e. The number of benzene rings is 2. The van der Waals surface area contributed by atoms with E-state index < -0.39 is 0 Å². The van der Waals surface area contributed by atoms with Gasteiger partial charge in [0.15, 0.2) is 0 Å². The molecule has 3 rings (SSSR count). The molecule has 1 saturated heterocycles. The highest BCUT2D eigenvalue weighted by atomic mass is 16.2. The maximum atomic E-state index is 12.4. The van der Waals surface area contributed by atoms with Crippen LogP contribution in [0.4, 0.5) is 0 Å². The summed E-state index contributed by atoms with van der Waals surface area (Å²) in [7, 11) is 0. The Morgan fingerprint density at radius 2 is 1.57 bits per heavy atom. The van der Waals surface area contributed by atoms with Crippen LogP contribution in [0.2, 0.25) is 0 Å². The molecule has 1 fully saturated rings. The number of rotatable bonds is 6. The van der Waals surface area contributed by atoms with E-state index in [-0.39, 0.29) is 11.9 Å². The zero-order chi connectivity index (χ0) is 15.9. The van der Waals surface area contributed by atoms with Crippen molar-refractivity contribution in [2.45, 2.75) is 32.0 Å². The fraction of sp³-hybridized carbons (Fsp3) is 0.316. The maximum absolute atomic E-state index is 12.4. The van der Waals surface area contributed by atoms with Crippen LogP contribution in [0.25, 0.3) is 0 Å². The van der Waals surface area contributed by atoms with Crippen molar-refractivity contribution in [1.82, 2.24) is 15.8 Å². The van der Waals surface area contributed by atoms with Crippen LogP contribution in [0.3, 0.4) is 0 Å². The average molecular weight is 309 g/mol. The van der Waals surface area contributed by atoms with Crippen molar-refractivity contribution in [2.24, 2.45) is 0 Å². The van der Waals surface area contributed by atoms with E-state index in [1.54, 1.807) is 0 Å². The summed E-state index contributed by atoms with van der Waals surface area (Å²) in [5, 5.41) is 5.24. The molecule has 4 heteroatoms. The second kappa shape index (κ2) is 7.90. The monoisotopic (exact) mass is 309 g/mol. The van der Waals surface area contributed by atoms with E-state index in [9.17, 15) is 4.79 Å². The van der Waals surface area contributed by atoms with Gasteiger partial charge in [0.1, 0.15) is 0 Å². The van der Waals surface area contributed by atoms with Gasteiger partial charge in [-0.25, -0.2) is 5.01 Å². The van der Waals surface area contributed by atoms with Crippen molar-refractivity contribution < 1.29 is 4.79 Å². The van der Waals surface area contributed by atoms with Gasteiger partial charge in [0.2, 0.25) is 0 Å². The Morgan fingerprint density at radius 1 is 1.00 bits per heavy atom. The third-order valence-corrected chi connectivity index (χ3v) is 4.08. The van der Waals surface area contributed by atoms with Crippen LogP contribution in [-0.2, 0) is 17.9 Å². The molecule has 0 radical (unpaired) electrons. The van der Waals surface area contributed by atoms with Gasteiger partial charge in [-0.3, -0.25) is 10.2 Å². The molecule has 2 N–H and O–H groups in total. The Bertz CT molecular complexity index is 568. The summed E-state index contributed by atoms with van der Waals surface area (Å²) in [6.45, 7) is 2.30. The lowest BCUT2D eigenvalue weighted by Crippen LogP contribution is -2.48. The molecule has 1 unspecified atom stereocenters. The normalized spacial score (nSPS) is 17.3. The van der Waals surface area contributed by atoms with Gasteiger partial charge in [0.05, 0.1) is 6.04 Å². The van der Waals surface area contributed by atoms with Gasteiger partial charge in [-0.05, 0) is 30.5 Å². The minimum absolute atomic E-state index is 0.0642. The summed E-state index contributed by atoms with van der Waals surface area (Å²) in [5.41, 5.74) is 5.45. The second-order valence-electron chi connectivity index (χ2n) is 5.95. The molecule has 1 heterocycles. The number of carbonyl (C=O) groups is 1. The topological polar surface area (TPSA) is 44.4 Å². The number of carbonyl (C=O) groups excluding carboxylic acids is 1. The van der Waals surface area contributed by atoms with Gasteiger partial charge in [0, 0.05) is 13.1 Å². The molecule has 1 amide bonds. The third kappa shape index (κ3) is 4.65. The van der Waals surface area contributed by atoms with E-state index in [4.69, 9.17) is 0 Å². The second-order valence-corrected chi connectivity index (χ2v) is 5.95. The van der Waals surface area contributed by atoms with Crippen LogP contribution in [0.5, 0.6) is 0 Å². The number of nitrogens with one attached hydrogen (secondary N) is 2. The molecular formula is C19H23N3O. The first-order valence-corrected chi connectivity index (χ1v) is 8.18. The summed E-state index contributed by atoms with van der Waals surface area (Å²) in [5.74, 6) is 0.0642. The number of hydrogen-bond acceptors (Lipinski definition) is 3. The predicted octanol–water partition coefficient (Wildman–Crippen LogP) is 2.47. The highest BCUT2D eigenvalue weighted by Crippen LogP contribution is 2.10. The van der Waals surface area contributed by atoms with Crippen LogP contribution < -0.4 is 10.7 Å². The molecule has 4 nitrogen and oxygen atoms in total. The summed E-state index contributed by atoms with van der Waals surface area (Å²) in [4.78, 5) is 12.4. The molecule has 0 aliphatic carbocycles. The van der Waals surface area contributed by atoms with Gasteiger partial charge < -0.3 is 5.32 Å². The van der Waals surface area contributed by atoms with Crippen LogP contribution in [0, 0.1) is 0 Å². The minimum Gasteiger partial charge on any atom is -0.306 e. The lowest BCUT2D eigenvalue weighted by atomic mass is 10.2. The molecular weight excluding hydrogens is 286 g/mol. The Kier molecular flexibility index (Phi) is 5.40. The summed E-state index contributed by atoms with van der Waals surface area (Å²) < 4.78 is 0. The number of hydrazine groups is 1. The van der Waals surface area contributed by atoms with Gasteiger partial charge >= 0.3 is 0 Å². The van der Waals surface area contributed by atoms with E-state index >= 15 is 0 Å². The molecule has 0 spiro atoms. The minimum atomic E-state index is -0.0657. The van der Waals surface area contributed by atoms with Gasteiger partial charge in [0.25, 0.3) is 5.91 Å². The third-order valence-electron chi connectivity index (χ3n) is 4.08. The molecule has 0 bridgehead atoms. The van der Waals surface area contributed by atoms with E-state index in [0.29, 0.717) is 13.1 Å². The molecule has 23 heavy (non-hydrogen) atoms. The SMILES string of the molecule is O=C(NN(Cc1ccccc1)Cc1ccccc1)C1CCCN1. The van der Waals surface area contributed by atoms with E-state index in [2.05, 4.69) is 35.0 Å². The average Bonchev–Trinajstić information content (AvgIpc) is 3.11. The van der Waals surface area contributed by atoms with Crippen molar-refractivity contribution in [2.75, 3.05) is 6.54 Å². The Balaban J connectivity index is 1.68. The number of amides is 1. The fourth-order valence-corrected chi connectivity index (χ4v) is 2.88. The quantitative estimate of drug-likeness (QED) is 0.806. The van der Waals surface area contributed by atoms with E-state index in [1.807, 2.05) is 41.4 Å². The molecule has 2 aromatic carbocycles. The van der Waals surface area contributed by atoms with Gasteiger partial charge in [-0.1, -0.05) is 60.7 Å². The Hall–Kier alpha value is -2.17. The highest BCUT2D eigenvalue weighted by molar-refractivity contribution is 5.81. The predicted molar refractivity (Wildman–Crippen MR) is 91.3 cm³/mol. The van der Waals surface area contributed by atoms with Crippen molar-refractivity contribution in [1.29, 1.82) is 0 Å². The maximum Gasteiger partial charge on any atom is 0.251 e. The molecule has 0 aromatic heterocycles. The zero-order valence-electron chi connectivity index (χ0n) is 13.2. The van der Waals surface area contributed by atoms with Crippen molar-refractivity contribution in [3.63, 3.8) is 0 Å². The van der Waals surface area contributed by atoms with Crippen molar-refractivity contribution >= 4 is 5.91 Å². The standard InChI is InChI=1S/C19H23N3O/c23-19(18-12-7-13-20-18)21-22(14-16-8-3-1-4-9-16)15-17-10-5-2-6-11-17/h1-6,8-11,18,20H,7,12-15H2,(H,21,23). The Morgan fingerprint density at radius 3 is 2.04 bits per heavy atom. The molecule has 1 aliphatic heterocycles. The zero-order valence-corrected chi connectivity index (χ0v) is 13.2. The van der Waals surface area contributed by atoms with Gasteiger partial charge in [-0.15, -0.1) is 0 Å². The first-order valence-electron chi connectivity index (χ1n) is 8.18. The van der Waals surface area contributed by atoms with Gasteiger partial charge in [-0.2, -0.15) is 0 Å². The first kappa shape index (κ1) is 15.7. The Labute approximate surface area is 137 Å². The summed E-state index contributed by atoms with van der Waals surface area (Å²) in [6.07, 6.45) is 1.98. The molecule has 120 valence electrons. The number of hydrogen-bond donors (Lipinski definition) is 2. The lowest BCUT2D eigenvalue weighted by Gasteiger charge is -2.25. The van der Waals surface area contributed by atoms with Crippen LogP contribution in [0.15, 0.2) is 60.7 Å². The molecule has 1 aliphatic rings. The van der Waals surface area contributed by atoms with Crippen LogP contribution in [-0.4, -0.2) is 23.5 Å². The fourth-order valence-electron chi connectivity index (χ4n) is 2.88. The van der Waals surface area contributed by atoms with E-state index in [1.165, 1.54) is 11.1 Å². The lowest BCUT2D eigenvalue weighted by molar-refractivity contribution is -0.128. The summed E-state index contributed by atoms with van der Waals surface area (Å²) in [6, 6.07) is 20.4. The highest BCUT2D eigenvalue weighted by Gasteiger charge is 2.23. The van der Waals surface area contributed by atoms with E-state index in [0.717, 1.165) is 19.4 Å².